The van der Waals surface area contributed by atoms with Crippen LogP contribution in [0.3, 0.4) is 0 Å². The summed E-state index contributed by atoms with van der Waals surface area (Å²) in [5, 5.41) is 0. The number of Topliss-reactive ketones (excluding diaryl/α,β-unsaturated/α-hetero) is 1. The molecule has 0 unspecified atom stereocenters. The van der Waals surface area contributed by atoms with Gasteiger partial charge in [0.25, 0.3) is 0 Å². The van der Waals surface area contributed by atoms with E-state index in [-0.39, 0.29) is 11.6 Å². The molecule has 1 aromatic carbocycles. The van der Waals surface area contributed by atoms with Crippen molar-refractivity contribution in [2.75, 3.05) is 5.73 Å². The maximum absolute atomic E-state index is 11.6. The first-order valence-corrected chi connectivity index (χ1v) is 5.30. The zero-order valence-electron chi connectivity index (χ0n) is 9.77. The number of carbonyl (C=O) groups excluding carboxylic acids is 1. The lowest BCUT2D eigenvalue weighted by atomic mass is 10.0. The molecule has 0 aliphatic heterocycles. The van der Waals surface area contributed by atoms with Gasteiger partial charge in [-0.25, -0.2) is 9.97 Å². The van der Waals surface area contributed by atoms with Crippen molar-refractivity contribution in [2.24, 2.45) is 0 Å². The van der Waals surface area contributed by atoms with Gasteiger partial charge < -0.3 is 5.73 Å². The first-order chi connectivity index (χ1) is 8.09. The molecule has 0 aliphatic carbocycles. The molecule has 0 bridgehead atoms. The molecule has 0 saturated carbocycles. The van der Waals surface area contributed by atoms with E-state index in [0.29, 0.717) is 17.1 Å². The number of nitrogens with zero attached hydrogens (tertiary/aromatic N) is 2. The Labute approximate surface area is 99.5 Å². The highest BCUT2D eigenvalue weighted by molar-refractivity contribution is 6.03. The Hall–Kier alpha value is -2.23. The van der Waals surface area contributed by atoms with Crippen molar-refractivity contribution < 1.29 is 4.79 Å². The third-order valence-electron chi connectivity index (χ3n) is 2.45. The normalized spacial score (nSPS) is 10.2. The van der Waals surface area contributed by atoms with Crippen molar-refractivity contribution in [1.82, 2.24) is 9.97 Å². The van der Waals surface area contributed by atoms with E-state index in [1.54, 1.807) is 6.92 Å². The Morgan fingerprint density at radius 3 is 2.41 bits per heavy atom. The smallest absolute Gasteiger partial charge is 0.165 e. The molecule has 0 atom stereocenters. The number of anilines is 1. The Balaban J connectivity index is 2.72. The molecule has 0 spiro atoms. The van der Waals surface area contributed by atoms with Gasteiger partial charge in [0.15, 0.2) is 5.78 Å². The minimum absolute atomic E-state index is 0.124. The molecular formula is C13H13N3O. The molecule has 0 amide bonds. The Bertz CT molecular complexity index is 564. The van der Waals surface area contributed by atoms with E-state index in [1.165, 1.54) is 6.92 Å². The third-order valence-corrected chi connectivity index (χ3v) is 2.45. The van der Waals surface area contributed by atoms with Gasteiger partial charge in [-0.2, -0.15) is 0 Å². The van der Waals surface area contributed by atoms with Gasteiger partial charge in [0.1, 0.15) is 11.6 Å². The second-order valence-corrected chi connectivity index (χ2v) is 3.80. The third kappa shape index (κ3) is 2.15. The predicted molar refractivity (Wildman–Crippen MR) is 66.6 cm³/mol. The van der Waals surface area contributed by atoms with E-state index in [1.807, 2.05) is 30.3 Å². The zero-order valence-corrected chi connectivity index (χ0v) is 9.77. The fourth-order valence-electron chi connectivity index (χ4n) is 1.75. The van der Waals surface area contributed by atoms with Crippen molar-refractivity contribution in [3.05, 3.63) is 41.7 Å². The lowest BCUT2D eigenvalue weighted by Crippen LogP contribution is -2.08. The Morgan fingerprint density at radius 2 is 1.82 bits per heavy atom. The first kappa shape index (κ1) is 11.3. The summed E-state index contributed by atoms with van der Waals surface area (Å²) >= 11 is 0. The van der Waals surface area contributed by atoms with Crippen molar-refractivity contribution >= 4 is 11.6 Å². The van der Waals surface area contributed by atoms with Gasteiger partial charge in [0.2, 0.25) is 0 Å². The number of benzene rings is 1. The lowest BCUT2D eigenvalue weighted by molar-refractivity contribution is 0.101. The average Bonchev–Trinajstić information content (AvgIpc) is 2.28. The second kappa shape index (κ2) is 4.33. The maximum atomic E-state index is 11.6. The van der Waals surface area contributed by atoms with Crippen LogP contribution in [0.15, 0.2) is 30.3 Å². The number of hydrogen-bond acceptors (Lipinski definition) is 4. The van der Waals surface area contributed by atoms with Gasteiger partial charge in [-0.05, 0) is 13.8 Å². The number of nitrogen functional groups attached to an aromatic ring is 1. The fourth-order valence-corrected chi connectivity index (χ4v) is 1.75. The summed E-state index contributed by atoms with van der Waals surface area (Å²) in [7, 11) is 0. The molecule has 0 fully saturated rings. The summed E-state index contributed by atoms with van der Waals surface area (Å²) in [6.45, 7) is 3.23. The van der Waals surface area contributed by atoms with Crippen molar-refractivity contribution in [2.45, 2.75) is 13.8 Å². The van der Waals surface area contributed by atoms with Crippen molar-refractivity contribution in [3.8, 4) is 11.3 Å². The highest BCUT2D eigenvalue weighted by Gasteiger charge is 2.16. The van der Waals surface area contributed by atoms with Crippen LogP contribution in [0.5, 0.6) is 0 Å². The molecule has 4 nitrogen and oxygen atoms in total. The minimum Gasteiger partial charge on any atom is -0.383 e. The van der Waals surface area contributed by atoms with E-state index in [9.17, 15) is 4.79 Å². The van der Waals surface area contributed by atoms with Crippen LogP contribution in [-0.2, 0) is 0 Å². The summed E-state index contributed by atoms with van der Waals surface area (Å²) in [4.78, 5) is 20.0. The van der Waals surface area contributed by atoms with E-state index in [0.717, 1.165) is 5.56 Å². The molecule has 0 aliphatic rings. The molecule has 2 rings (SSSR count). The van der Waals surface area contributed by atoms with E-state index in [2.05, 4.69) is 9.97 Å². The first-order valence-electron chi connectivity index (χ1n) is 5.30. The molecule has 1 heterocycles. The van der Waals surface area contributed by atoms with Gasteiger partial charge >= 0.3 is 0 Å². The van der Waals surface area contributed by atoms with Gasteiger partial charge in [0, 0.05) is 5.56 Å². The van der Waals surface area contributed by atoms with Crippen LogP contribution in [-0.4, -0.2) is 15.8 Å². The second-order valence-electron chi connectivity index (χ2n) is 3.80. The van der Waals surface area contributed by atoms with Crippen LogP contribution in [0.1, 0.15) is 23.1 Å². The van der Waals surface area contributed by atoms with Gasteiger partial charge in [-0.1, -0.05) is 30.3 Å². The summed E-state index contributed by atoms with van der Waals surface area (Å²) in [6, 6.07) is 9.50. The van der Waals surface area contributed by atoms with Crippen molar-refractivity contribution in [1.29, 1.82) is 0 Å². The van der Waals surface area contributed by atoms with Gasteiger partial charge in [0.05, 0.1) is 11.3 Å². The monoisotopic (exact) mass is 227 g/mol. The molecular weight excluding hydrogens is 214 g/mol. The molecule has 0 radical (unpaired) electrons. The van der Waals surface area contributed by atoms with E-state index < -0.39 is 0 Å². The van der Waals surface area contributed by atoms with Gasteiger partial charge in [-0.3, -0.25) is 4.79 Å². The largest absolute Gasteiger partial charge is 0.383 e. The summed E-state index contributed by atoms with van der Waals surface area (Å²) in [5.74, 6) is 0.677. The van der Waals surface area contributed by atoms with E-state index in [4.69, 9.17) is 5.73 Å². The van der Waals surface area contributed by atoms with Crippen LogP contribution >= 0.6 is 0 Å². The number of rotatable bonds is 2. The molecule has 2 N–H and O–H groups in total. The lowest BCUT2D eigenvalue weighted by Gasteiger charge is -2.09. The number of nitrogens with two attached hydrogens (primary N) is 1. The van der Waals surface area contributed by atoms with Crippen LogP contribution in [0.4, 0.5) is 5.82 Å². The molecule has 17 heavy (non-hydrogen) atoms. The highest BCUT2D eigenvalue weighted by Crippen LogP contribution is 2.25. The number of ketones is 1. The number of hydrogen-bond donors (Lipinski definition) is 1. The molecule has 4 heteroatoms. The summed E-state index contributed by atoms with van der Waals surface area (Å²) < 4.78 is 0. The Morgan fingerprint density at radius 1 is 1.18 bits per heavy atom. The molecule has 0 saturated heterocycles. The van der Waals surface area contributed by atoms with Gasteiger partial charge in [-0.15, -0.1) is 0 Å². The standard InChI is InChI=1S/C13H13N3O/c1-8(17)11-12(10-6-4-3-5-7-10)15-9(2)16-13(11)14/h3-7H,1-2H3,(H2,14,15,16). The molecule has 1 aromatic heterocycles. The average molecular weight is 227 g/mol. The van der Waals surface area contributed by atoms with E-state index >= 15 is 0 Å². The topological polar surface area (TPSA) is 68.9 Å². The minimum atomic E-state index is -0.124. The van der Waals surface area contributed by atoms with Crippen molar-refractivity contribution in [3.63, 3.8) is 0 Å². The number of aryl methyl sites for hydroxylation is 1. The fraction of sp³-hybridized carbons (Fsp3) is 0.154. The highest BCUT2D eigenvalue weighted by atomic mass is 16.1. The Kier molecular flexibility index (Phi) is 2.87. The van der Waals surface area contributed by atoms with Crippen LogP contribution in [0.2, 0.25) is 0 Å². The zero-order chi connectivity index (χ0) is 12.4. The summed E-state index contributed by atoms with van der Waals surface area (Å²) in [6.07, 6.45) is 0. The molecule has 86 valence electrons. The van der Waals surface area contributed by atoms with Crippen LogP contribution < -0.4 is 5.73 Å². The molecule has 2 aromatic rings. The van der Waals surface area contributed by atoms with Crippen LogP contribution in [0, 0.1) is 6.92 Å². The number of aromatic nitrogens is 2. The predicted octanol–water partition coefficient (Wildman–Crippen LogP) is 2.24. The quantitative estimate of drug-likeness (QED) is 0.799. The summed E-state index contributed by atoms with van der Waals surface area (Å²) in [5.41, 5.74) is 7.65. The maximum Gasteiger partial charge on any atom is 0.165 e. The SMILES string of the molecule is CC(=O)c1c(N)nc(C)nc1-c1ccccc1. The van der Waals surface area contributed by atoms with Crippen LogP contribution in [0.25, 0.3) is 11.3 Å². The number of carbonyl (C=O) groups is 1.